The topological polar surface area (TPSA) is 67.0 Å². The van der Waals surface area contributed by atoms with E-state index in [9.17, 15) is 4.79 Å². The number of rotatable bonds is 4. The molecule has 1 fully saturated rings. The first kappa shape index (κ1) is 14.8. The minimum Gasteiger partial charge on any atom is -0.496 e. The van der Waals surface area contributed by atoms with E-state index in [2.05, 4.69) is 15.5 Å². The van der Waals surface area contributed by atoms with Gasteiger partial charge in [-0.25, -0.2) is 0 Å². The number of carbonyl (C=O) groups excluding carboxylic acids is 1. The van der Waals surface area contributed by atoms with Gasteiger partial charge in [-0.1, -0.05) is 24.6 Å². The second-order valence-corrected chi connectivity index (χ2v) is 6.26. The number of aromatic amines is 1. The molecule has 2 aromatic carbocycles. The first-order valence-electron chi connectivity index (χ1n) is 8.11. The third-order valence-corrected chi connectivity index (χ3v) is 4.96. The Hall–Kier alpha value is -2.82. The summed E-state index contributed by atoms with van der Waals surface area (Å²) in [6, 6.07) is 13.6. The molecule has 0 spiro atoms. The number of aromatic nitrogens is 2. The van der Waals surface area contributed by atoms with Gasteiger partial charge in [0.25, 0.3) is 0 Å². The van der Waals surface area contributed by atoms with Crippen molar-refractivity contribution in [3.05, 3.63) is 54.2 Å². The summed E-state index contributed by atoms with van der Waals surface area (Å²) in [4.78, 5) is 13.1. The number of hydrogen-bond donors (Lipinski definition) is 2. The van der Waals surface area contributed by atoms with Gasteiger partial charge in [-0.05, 0) is 37.1 Å². The van der Waals surface area contributed by atoms with Crippen LogP contribution in [0, 0.1) is 0 Å². The second-order valence-electron chi connectivity index (χ2n) is 6.26. The van der Waals surface area contributed by atoms with Gasteiger partial charge in [-0.15, -0.1) is 0 Å². The van der Waals surface area contributed by atoms with Crippen molar-refractivity contribution in [2.24, 2.45) is 0 Å². The number of anilines is 1. The van der Waals surface area contributed by atoms with Crippen LogP contribution < -0.4 is 10.1 Å². The summed E-state index contributed by atoms with van der Waals surface area (Å²) in [6.45, 7) is 0. The minimum absolute atomic E-state index is 0.0251. The molecule has 0 unspecified atom stereocenters. The number of fused-ring (bicyclic) bond motifs is 1. The molecule has 1 amide bonds. The number of para-hydroxylation sites is 1. The molecular formula is C19H19N3O2. The lowest BCUT2D eigenvalue weighted by Gasteiger charge is -2.41. The van der Waals surface area contributed by atoms with Crippen molar-refractivity contribution in [2.75, 3.05) is 12.4 Å². The predicted molar refractivity (Wildman–Crippen MR) is 93.2 cm³/mol. The van der Waals surface area contributed by atoms with Gasteiger partial charge in [0.05, 0.1) is 24.2 Å². The van der Waals surface area contributed by atoms with Gasteiger partial charge in [0.15, 0.2) is 0 Å². The van der Waals surface area contributed by atoms with E-state index in [1.807, 2.05) is 42.5 Å². The number of ether oxygens (including phenoxy) is 1. The maximum absolute atomic E-state index is 13.1. The molecule has 122 valence electrons. The lowest BCUT2D eigenvalue weighted by atomic mass is 9.63. The molecule has 5 nitrogen and oxygen atoms in total. The Balaban J connectivity index is 1.66. The molecule has 0 aliphatic heterocycles. The highest BCUT2D eigenvalue weighted by Gasteiger charge is 2.47. The SMILES string of the molecule is COc1ccccc1C1(C(=O)Nc2ccc3cn[nH]c3c2)CCC1. The van der Waals surface area contributed by atoms with Gasteiger partial charge in [-0.2, -0.15) is 5.10 Å². The number of H-pyrrole nitrogens is 1. The zero-order valence-electron chi connectivity index (χ0n) is 13.5. The quantitative estimate of drug-likeness (QED) is 0.771. The largest absolute Gasteiger partial charge is 0.496 e. The Bertz CT molecular complexity index is 896. The Labute approximate surface area is 140 Å². The van der Waals surface area contributed by atoms with Crippen molar-refractivity contribution in [3.63, 3.8) is 0 Å². The van der Waals surface area contributed by atoms with E-state index in [-0.39, 0.29) is 5.91 Å². The molecule has 24 heavy (non-hydrogen) atoms. The highest BCUT2D eigenvalue weighted by atomic mass is 16.5. The Morgan fingerprint density at radius 3 is 2.83 bits per heavy atom. The first-order valence-corrected chi connectivity index (χ1v) is 8.11. The third-order valence-electron chi connectivity index (χ3n) is 4.96. The molecule has 0 atom stereocenters. The molecule has 1 saturated carbocycles. The molecule has 0 radical (unpaired) electrons. The van der Waals surface area contributed by atoms with Crippen LogP contribution in [0.15, 0.2) is 48.7 Å². The van der Waals surface area contributed by atoms with Gasteiger partial charge in [0, 0.05) is 16.6 Å². The number of nitrogens with one attached hydrogen (secondary N) is 2. The molecule has 5 heteroatoms. The van der Waals surface area contributed by atoms with Gasteiger partial charge in [0.2, 0.25) is 5.91 Å². The normalized spacial score (nSPS) is 15.7. The van der Waals surface area contributed by atoms with Gasteiger partial charge < -0.3 is 10.1 Å². The van der Waals surface area contributed by atoms with E-state index in [0.29, 0.717) is 0 Å². The number of nitrogens with zero attached hydrogens (tertiary/aromatic N) is 1. The Kier molecular flexibility index (Phi) is 3.49. The summed E-state index contributed by atoms with van der Waals surface area (Å²) >= 11 is 0. The van der Waals surface area contributed by atoms with E-state index >= 15 is 0 Å². The number of carbonyl (C=O) groups is 1. The van der Waals surface area contributed by atoms with Crippen LogP contribution in [0.5, 0.6) is 5.75 Å². The number of amides is 1. The van der Waals surface area contributed by atoms with Crippen LogP contribution in [-0.4, -0.2) is 23.2 Å². The minimum atomic E-state index is -0.504. The summed E-state index contributed by atoms with van der Waals surface area (Å²) in [5, 5.41) is 11.0. The Morgan fingerprint density at radius 1 is 1.25 bits per heavy atom. The predicted octanol–water partition coefficient (Wildman–Crippen LogP) is 3.63. The smallest absolute Gasteiger partial charge is 0.235 e. The van der Waals surface area contributed by atoms with Crippen molar-refractivity contribution < 1.29 is 9.53 Å². The first-order chi connectivity index (χ1) is 11.7. The number of methoxy groups -OCH3 is 1. The summed E-state index contributed by atoms with van der Waals surface area (Å²) < 4.78 is 5.48. The molecule has 3 aromatic rings. The van der Waals surface area contributed by atoms with Crippen LogP contribution in [0.25, 0.3) is 10.9 Å². The van der Waals surface area contributed by atoms with E-state index < -0.39 is 5.41 Å². The Morgan fingerprint density at radius 2 is 2.08 bits per heavy atom. The van der Waals surface area contributed by atoms with Crippen LogP contribution in [0.2, 0.25) is 0 Å². The standard InChI is InChI=1S/C19H19N3O2/c1-24-17-6-3-2-5-15(17)19(9-4-10-19)18(23)21-14-8-7-13-12-20-22-16(13)11-14/h2-3,5-8,11-12H,4,9-10H2,1H3,(H,20,22)(H,21,23). The van der Waals surface area contributed by atoms with Crippen LogP contribution in [0.1, 0.15) is 24.8 Å². The maximum Gasteiger partial charge on any atom is 0.235 e. The molecule has 0 bridgehead atoms. The molecule has 2 N–H and O–H groups in total. The lowest BCUT2D eigenvalue weighted by molar-refractivity contribution is -0.124. The average Bonchev–Trinajstić information content (AvgIpc) is 3.02. The maximum atomic E-state index is 13.1. The summed E-state index contributed by atoms with van der Waals surface area (Å²) in [5.41, 5.74) is 2.15. The highest BCUT2D eigenvalue weighted by molar-refractivity contribution is 6.01. The van der Waals surface area contributed by atoms with Crippen LogP contribution in [-0.2, 0) is 10.2 Å². The van der Waals surface area contributed by atoms with Crippen LogP contribution >= 0.6 is 0 Å². The monoisotopic (exact) mass is 321 g/mol. The average molecular weight is 321 g/mol. The van der Waals surface area contributed by atoms with Gasteiger partial charge in [-0.3, -0.25) is 9.89 Å². The molecule has 4 rings (SSSR count). The molecule has 0 saturated heterocycles. The summed E-state index contributed by atoms with van der Waals surface area (Å²) in [7, 11) is 1.65. The summed E-state index contributed by atoms with van der Waals surface area (Å²) in [6.07, 6.45) is 4.49. The molecular weight excluding hydrogens is 302 g/mol. The highest BCUT2D eigenvalue weighted by Crippen LogP contribution is 2.47. The van der Waals surface area contributed by atoms with Crippen molar-refractivity contribution >= 4 is 22.5 Å². The van der Waals surface area contributed by atoms with E-state index in [1.54, 1.807) is 13.3 Å². The lowest BCUT2D eigenvalue weighted by Crippen LogP contribution is -2.46. The number of benzene rings is 2. The fourth-order valence-corrected chi connectivity index (χ4v) is 3.45. The van der Waals surface area contributed by atoms with E-state index in [4.69, 9.17) is 4.74 Å². The van der Waals surface area contributed by atoms with Crippen molar-refractivity contribution in [3.8, 4) is 5.75 Å². The van der Waals surface area contributed by atoms with Gasteiger partial charge >= 0.3 is 0 Å². The van der Waals surface area contributed by atoms with Crippen molar-refractivity contribution in [1.82, 2.24) is 10.2 Å². The van der Waals surface area contributed by atoms with Crippen molar-refractivity contribution in [2.45, 2.75) is 24.7 Å². The fourth-order valence-electron chi connectivity index (χ4n) is 3.45. The van der Waals surface area contributed by atoms with Crippen LogP contribution in [0.3, 0.4) is 0 Å². The molecule has 1 heterocycles. The van der Waals surface area contributed by atoms with E-state index in [1.165, 1.54) is 0 Å². The second kappa shape index (κ2) is 5.67. The van der Waals surface area contributed by atoms with Crippen molar-refractivity contribution in [1.29, 1.82) is 0 Å². The summed E-state index contributed by atoms with van der Waals surface area (Å²) in [5.74, 6) is 0.800. The van der Waals surface area contributed by atoms with Gasteiger partial charge in [0.1, 0.15) is 5.75 Å². The zero-order valence-corrected chi connectivity index (χ0v) is 13.5. The fraction of sp³-hybridized carbons (Fsp3) is 0.263. The van der Waals surface area contributed by atoms with E-state index in [0.717, 1.165) is 47.2 Å². The van der Waals surface area contributed by atoms with Crippen LogP contribution in [0.4, 0.5) is 5.69 Å². The number of hydrogen-bond acceptors (Lipinski definition) is 3. The third kappa shape index (κ3) is 2.24. The zero-order chi connectivity index (χ0) is 16.6. The molecule has 1 aromatic heterocycles. The molecule has 1 aliphatic rings. The molecule has 1 aliphatic carbocycles.